The van der Waals surface area contributed by atoms with E-state index in [0.717, 1.165) is 32.9 Å². The molecule has 5 nitrogen and oxygen atoms in total. The van der Waals surface area contributed by atoms with Gasteiger partial charge in [0.15, 0.2) is 11.6 Å². The molecule has 0 N–H and O–H groups in total. The molecule has 0 spiro atoms. The van der Waals surface area contributed by atoms with Crippen molar-refractivity contribution in [3.8, 4) is 28.7 Å². The van der Waals surface area contributed by atoms with Crippen LogP contribution in [0.25, 0.3) is 92.6 Å². The van der Waals surface area contributed by atoms with Crippen LogP contribution in [-0.4, -0.2) is 19.5 Å². The summed E-state index contributed by atoms with van der Waals surface area (Å²) in [7, 11) is 0. The first-order valence-electron chi connectivity index (χ1n) is 19.9. The number of aromatic nitrogens is 4. The third-order valence-electron chi connectivity index (χ3n) is 7.89. The second kappa shape index (κ2) is 9.32. The molecule has 10 aromatic rings. The number of fused-ring (bicyclic) bond motifs is 10. The maximum atomic E-state index is 9.18. The highest BCUT2D eigenvalue weighted by atomic mass is 32.1. The Morgan fingerprint density at radius 2 is 1.38 bits per heavy atom. The van der Waals surface area contributed by atoms with Gasteiger partial charge < -0.3 is 4.42 Å². The Balaban J connectivity index is 1.38. The second-order valence-corrected chi connectivity index (χ2v) is 11.4. The Kier molecular flexibility index (Phi) is 3.26. The summed E-state index contributed by atoms with van der Waals surface area (Å²) in [6.07, 6.45) is 0. The number of para-hydroxylation sites is 2. The molecule has 0 aliphatic rings. The Labute approximate surface area is 277 Å². The van der Waals surface area contributed by atoms with E-state index in [9.17, 15) is 1.37 Å². The van der Waals surface area contributed by atoms with E-state index in [0.29, 0.717) is 22.2 Å². The average Bonchev–Trinajstić information content (AvgIpc) is 3.90. The van der Waals surface area contributed by atoms with Gasteiger partial charge in [-0.25, -0.2) is 4.98 Å². The molecule has 0 saturated carbocycles. The van der Waals surface area contributed by atoms with Crippen molar-refractivity contribution in [2.45, 2.75) is 0 Å². The molecule has 0 aliphatic carbocycles. The van der Waals surface area contributed by atoms with Crippen molar-refractivity contribution in [2.75, 3.05) is 0 Å². The SMILES string of the molecule is [2H]c1c([2H])c([2H])c(-c2nc(-c3c([2H])c([2H])c([2H])c4c3sc3c([2H])c([2H])c([2H])c([2H])c34)nc(-n3c4ccccc4c4c5oc6ccccc6c5ccc43)n2)c([2H])c1[2H]. The first-order chi connectivity index (χ1) is 27.3. The molecule has 4 aromatic heterocycles. The molecule has 45 heavy (non-hydrogen) atoms. The van der Waals surface area contributed by atoms with Gasteiger partial charge in [-0.3, -0.25) is 4.57 Å². The van der Waals surface area contributed by atoms with Crippen LogP contribution in [0.5, 0.6) is 0 Å². The number of rotatable bonds is 3. The van der Waals surface area contributed by atoms with E-state index >= 15 is 0 Å². The van der Waals surface area contributed by atoms with Gasteiger partial charge >= 0.3 is 0 Å². The van der Waals surface area contributed by atoms with E-state index < -0.39 is 66.5 Å². The first kappa shape index (κ1) is 15.7. The fourth-order valence-corrected chi connectivity index (χ4v) is 7.05. The number of furan rings is 1. The van der Waals surface area contributed by atoms with E-state index in [-0.39, 0.29) is 54.9 Å². The van der Waals surface area contributed by atoms with E-state index in [2.05, 4.69) is 4.98 Å². The maximum absolute atomic E-state index is 9.18. The Morgan fingerprint density at radius 1 is 0.600 bits per heavy atom. The molecule has 0 saturated heterocycles. The summed E-state index contributed by atoms with van der Waals surface area (Å²) in [4.78, 5) is 14.3. The molecule has 6 aromatic carbocycles. The fourth-order valence-electron chi connectivity index (χ4n) is 5.99. The highest BCUT2D eigenvalue weighted by molar-refractivity contribution is 7.26. The topological polar surface area (TPSA) is 56.7 Å². The molecule has 0 fully saturated rings. The summed E-state index contributed by atoms with van der Waals surface area (Å²) in [6.45, 7) is 0. The number of hydrogen-bond donors (Lipinski definition) is 0. The predicted octanol–water partition coefficient (Wildman–Crippen LogP) is 10.6. The number of thiophene rings is 1. The van der Waals surface area contributed by atoms with Gasteiger partial charge in [0.25, 0.3) is 0 Å². The lowest BCUT2D eigenvalue weighted by atomic mass is 10.1. The fraction of sp³-hybridized carbons (Fsp3) is 0. The van der Waals surface area contributed by atoms with Gasteiger partial charge in [0.05, 0.1) is 32.9 Å². The molecule has 210 valence electrons. The lowest BCUT2D eigenvalue weighted by Crippen LogP contribution is -2.06. The van der Waals surface area contributed by atoms with Gasteiger partial charge in [-0.05, 0) is 36.4 Å². The van der Waals surface area contributed by atoms with Crippen molar-refractivity contribution in [3.05, 3.63) is 133 Å². The Hall–Kier alpha value is -5.85. The number of hydrogen-bond acceptors (Lipinski definition) is 5. The molecule has 0 amide bonds. The van der Waals surface area contributed by atoms with Crippen LogP contribution in [0.3, 0.4) is 0 Å². The predicted molar refractivity (Wildman–Crippen MR) is 185 cm³/mol. The van der Waals surface area contributed by atoms with E-state index in [1.165, 1.54) is 0 Å². The van der Waals surface area contributed by atoms with Crippen molar-refractivity contribution < 1.29 is 20.9 Å². The second-order valence-electron chi connectivity index (χ2n) is 10.3. The maximum Gasteiger partial charge on any atom is 0.238 e. The molecule has 6 heteroatoms. The summed E-state index contributed by atoms with van der Waals surface area (Å²) >= 11 is 0.898. The van der Waals surface area contributed by atoms with Crippen LogP contribution in [0, 0.1) is 0 Å². The molecule has 4 heterocycles. The zero-order valence-corrected chi connectivity index (χ0v) is 23.7. The number of nitrogens with zero attached hydrogens (tertiary/aromatic N) is 4. The van der Waals surface area contributed by atoms with E-state index in [1.807, 2.05) is 60.7 Å². The van der Waals surface area contributed by atoms with Crippen LogP contribution in [-0.2, 0) is 0 Å². The summed E-state index contributed by atoms with van der Waals surface area (Å²) in [5.74, 6) is -0.645. The average molecular weight is 607 g/mol. The highest BCUT2D eigenvalue weighted by Gasteiger charge is 2.22. The largest absolute Gasteiger partial charge is 0.455 e. The van der Waals surface area contributed by atoms with Crippen LogP contribution in [0.1, 0.15) is 16.4 Å². The standard InChI is InChI=1S/C39H22N4OS/c1-2-11-23(12-3-1)37-40-38(29-17-10-16-27-25-14-6-9-20-33(25)45-36(27)29)42-39(41-37)43-30-18-7-4-15-28(30)34-31(43)22-21-26-24-13-5-8-19-32(24)44-35(26)34/h1-22H/i1D,2D,3D,6D,9D,10D,11D,12D,14D,16D,17D,20D. The van der Waals surface area contributed by atoms with Crippen LogP contribution in [0.4, 0.5) is 0 Å². The van der Waals surface area contributed by atoms with Crippen molar-refractivity contribution in [1.82, 2.24) is 19.5 Å². The van der Waals surface area contributed by atoms with E-state index in [4.69, 9.17) is 29.5 Å². The molecule has 0 unspecified atom stereocenters. The molecule has 0 radical (unpaired) electrons. The van der Waals surface area contributed by atoms with Gasteiger partial charge in [-0.1, -0.05) is 96.8 Å². The quantitative estimate of drug-likeness (QED) is 0.201. The van der Waals surface area contributed by atoms with Crippen LogP contribution in [0.2, 0.25) is 0 Å². The Bertz CT molecular complexity index is 3440. The molecular formula is C39H22N4OS. The number of benzene rings is 6. The van der Waals surface area contributed by atoms with Crippen molar-refractivity contribution in [3.63, 3.8) is 0 Å². The third-order valence-corrected chi connectivity index (χ3v) is 9.01. The summed E-state index contributed by atoms with van der Waals surface area (Å²) in [5, 5.41) is 3.31. The monoisotopic (exact) mass is 606 g/mol. The molecule has 10 rings (SSSR count). The van der Waals surface area contributed by atoms with Crippen LogP contribution < -0.4 is 0 Å². The summed E-state index contributed by atoms with van der Waals surface area (Å²) in [6, 6.07) is 12.6. The van der Waals surface area contributed by atoms with Crippen molar-refractivity contribution in [2.24, 2.45) is 0 Å². The Morgan fingerprint density at radius 3 is 2.31 bits per heavy atom. The minimum absolute atomic E-state index is 0.00784. The lowest BCUT2D eigenvalue weighted by Gasteiger charge is -2.11. The van der Waals surface area contributed by atoms with E-state index in [1.54, 1.807) is 4.57 Å². The lowest BCUT2D eigenvalue weighted by molar-refractivity contribution is 0.673. The molecule has 0 aliphatic heterocycles. The minimum Gasteiger partial charge on any atom is -0.455 e. The molecule has 0 bridgehead atoms. The zero-order chi connectivity index (χ0) is 39.9. The van der Waals surface area contributed by atoms with Crippen LogP contribution in [0.15, 0.2) is 138 Å². The van der Waals surface area contributed by atoms with Gasteiger partial charge in [0.1, 0.15) is 11.2 Å². The minimum atomic E-state index is -0.623. The van der Waals surface area contributed by atoms with Gasteiger partial charge in [-0.2, -0.15) is 9.97 Å². The summed E-state index contributed by atoms with van der Waals surface area (Å²) < 4.78 is 112. The first-order valence-corrected chi connectivity index (χ1v) is 14.7. The van der Waals surface area contributed by atoms with Gasteiger partial charge in [0, 0.05) is 47.5 Å². The summed E-state index contributed by atoms with van der Waals surface area (Å²) in [5.41, 5.74) is 2.07. The normalized spacial score (nSPS) is 15.7. The zero-order valence-electron chi connectivity index (χ0n) is 34.9. The third kappa shape index (κ3) is 3.57. The van der Waals surface area contributed by atoms with Crippen molar-refractivity contribution in [1.29, 1.82) is 0 Å². The van der Waals surface area contributed by atoms with Gasteiger partial charge in [-0.15, -0.1) is 11.3 Å². The molecule has 0 atom stereocenters. The molecular weight excluding hydrogens is 573 g/mol. The van der Waals surface area contributed by atoms with Crippen molar-refractivity contribution >= 4 is 75.3 Å². The van der Waals surface area contributed by atoms with Gasteiger partial charge in [0.2, 0.25) is 5.95 Å². The highest BCUT2D eigenvalue weighted by Crippen LogP contribution is 2.42. The smallest absolute Gasteiger partial charge is 0.238 e. The van der Waals surface area contributed by atoms with Crippen LogP contribution >= 0.6 is 11.3 Å².